The van der Waals surface area contributed by atoms with Crippen LogP contribution in [0.4, 0.5) is 0 Å². The summed E-state index contributed by atoms with van der Waals surface area (Å²) in [6, 6.07) is 0.308. The lowest BCUT2D eigenvalue weighted by atomic mass is 9.93. The highest BCUT2D eigenvalue weighted by atomic mass is 16.3. The van der Waals surface area contributed by atoms with Crippen molar-refractivity contribution in [3.63, 3.8) is 0 Å². The summed E-state index contributed by atoms with van der Waals surface area (Å²) < 4.78 is 0. The van der Waals surface area contributed by atoms with Crippen LogP contribution in [0.3, 0.4) is 0 Å². The van der Waals surface area contributed by atoms with Crippen molar-refractivity contribution in [2.75, 3.05) is 0 Å². The van der Waals surface area contributed by atoms with Gasteiger partial charge in [0.1, 0.15) is 0 Å². The SMILES string of the molecule is CCCCC(=O)NC1CCC(O)CC1. The summed E-state index contributed by atoms with van der Waals surface area (Å²) in [5.41, 5.74) is 0. The molecule has 1 aliphatic rings. The van der Waals surface area contributed by atoms with Crippen molar-refractivity contribution < 1.29 is 9.90 Å². The van der Waals surface area contributed by atoms with Crippen LogP contribution in [0.1, 0.15) is 51.9 Å². The zero-order valence-electron chi connectivity index (χ0n) is 8.96. The number of hydrogen-bond donors (Lipinski definition) is 2. The third kappa shape index (κ3) is 4.09. The van der Waals surface area contributed by atoms with Gasteiger partial charge in [0.2, 0.25) is 5.91 Å². The van der Waals surface area contributed by atoms with Gasteiger partial charge in [0, 0.05) is 12.5 Å². The molecule has 0 radical (unpaired) electrons. The third-order valence-electron chi connectivity index (χ3n) is 2.82. The molecular formula is C11H21NO2. The van der Waals surface area contributed by atoms with E-state index in [0.29, 0.717) is 12.5 Å². The summed E-state index contributed by atoms with van der Waals surface area (Å²) in [6.45, 7) is 2.09. The average Bonchev–Trinajstić information content (AvgIpc) is 2.18. The van der Waals surface area contributed by atoms with Crippen LogP contribution < -0.4 is 5.32 Å². The standard InChI is InChI=1S/C11H21NO2/c1-2-3-4-11(14)12-9-5-7-10(13)8-6-9/h9-10,13H,2-8H2,1H3,(H,12,14). The second-order valence-corrected chi connectivity index (χ2v) is 4.18. The van der Waals surface area contributed by atoms with Crippen molar-refractivity contribution in [3.05, 3.63) is 0 Å². The molecule has 3 heteroatoms. The summed E-state index contributed by atoms with van der Waals surface area (Å²) in [5.74, 6) is 0.174. The van der Waals surface area contributed by atoms with Gasteiger partial charge in [-0.2, -0.15) is 0 Å². The molecule has 0 spiro atoms. The monoisotopic (exact) mass is 199 g/mol. The number of amides is 1. The summed E-state index contributed by atoms with van der Waals surface area (Å²) in [6.07, 6.45) is 6.07. The number of aliphatic hydroxyl groups is 1. The number of nitrogens with one attached hydrogen (secondary N) is 1. The van der Waals surface area contributed by atoms with Crippen molar-refractivity contribution in [2.45, 2.75) is 64.0 Å². The van der Waals surface area contributed by atoms with E-state index in [-0.39, 0.29) is 12.0 Å². The van der Waals surface area contributed by atoms with Crippen molar-refractivity contribution in [1.29, 1.82) is 0 Å². The van der Waals surface area contributed by atoms with Crippen LogP contribution in [-0.4, -0.2) is 23.2 Å². The molecule has 0 aliphatic heterocycles. The van der Waals surface area contributed by atoms with E-state index in [0.717, 1.165) is 38.5 Å². The molecule has 2 N–H and O–H groups in total. The van der Waals surface area contributed by atoms with Gasteiger partial charge in [0.05, 0.1) is 6.10 Å². The summed E-state index contributed by atoms with van der Waals surface area (Å²) in [7, 11) is 0. The van der Waals surface area contributed by atoms with E-state index in [1.807, 2.05) is 0 Å². The normalized spacial score (nSPS) is 27.3. The van der Waals surface area contributed by atoms with E-state index in [9.17, 15) is 9.90 Å². The smallest absolute Gasteiger partial charge is 0.220 e. The number of hydrogen-bond acceptors (Lipinski definition) is 2. The lowest BCUT2D eigenvalue weighted by Crippen LogP contribution is -2.38. The number of carbonyl (C=O) groups excluding carboxylic acids is 1. The van der Waals surface area contributed by atoms with Crippen molar-refractivity contribution in [3.8, 4) is 0 Å². The first-order valence-corrected chi connectivity index (χ1v) is 5.69. The molecule has 1 rings (SSSR count). The van der Waals surface area contributed by atoms with E-state index in [4.69, 9.17) is 0 Å². The van der Waals surface area contributed by atoms with Crippen LogP contribution in [0.5, 0.6) is 0 Å². The predicted molar refractivity (Wildman–Crippen MR) is 55.9 cm³/mol. The van der Waals surface area contributed by atoms with Gasteiger partial charge >= 0.3 is 0 Å². The molecule has 0 bridgehead atoms. The second-order valence-electron chi connectivity index (χ2n) is 4.18. The van der Waals surface area contributed by atoms with E-state index in [1.54, 1.807) is 0 Å². The summed E-state index contributed by atoms with van der Waals surface area (Å²) in [5, 5.41) is 12.3. The number of aliphatic hydroxyl groups excluding tert-OH is 1. The van der Waals surface area contributed by atoms with Crippen LogP contribution in [0.25, 0.3) is 0 Å². The lowest BCUT2D eigenvalue weighted by Gasteiger charge is -2.26. The molecule has 0 saturated heterocycles. The highest BCUT2D eigenvalue weighted by Crippen LogP contribution is 2.18. The molecular weight excluding hydrogens is 178 g/mol. The topological polar surface area (TPSA) is 49.3 Å². The third-order valence-corrected chi connectivity index (χ3v) is 2.82. The number of rotatable bonds is 4. The second kappa shape index (κ2) is 6.02. The first kappa shape index (κ1) is 11.5. The number of unbranched alkanes of at least 4 members (excludes halogenated alkanes) is 1. The Morgan fingerprint density at radius 1 is 1.36 bits per heavy atom. The Kier molecular flexibility index (Phi) is 4.94. The Balaban J connectivity index is 2.14. The Hall–Kier alpha value is -0.570. The van der Waals surface area contributed by atoms with Crippen LogP contribution >= 0.6 is 0 Å². The van der Waals surface area contributed by atoms with E-state index in [1.165, 1.54) is 0 Å². The lowest BCUT2D eigenvalue weighted by molar-refractivity contribution is -0.122. The first-order valence-electron chi connectivity index (χ1n) is 5.69. The molecule has 3 nitrogen and oxygen atoms in total. The van der Waals surface area contributed by atoms with E-state index in [2.05, 4.69) is 12.2 Å². The molecule has 1 amide bonds. The molecule has 0 aromatic rings. The van der Waals surface area contributed by atoms with Crippen LogP contribution in [0, 0.1) is 0 Å². The van der Waals surface area contributed by atoms with Crippen LogP contribution in [-0.2, 0) is 4.79 Å². The van der Waals surface area contributed by atoms with Gasteiger partial charge in [-0.05, 0) is 32.1 Å². The molecule has 0 aromatic heterocycles. The molecule has 0 atom stereocenters. The van der Waals surface area contributed by atoms with E-state index < -0.39 is 0 Å². The molecule has 1 fully saturated rings. The molecule has 14 heavy (non-hydrogen) atoms. The van der Waals surface area contributed by atoms with Crippen molar-refractivity contribution in [1.82, 2.24) is 5.32 Å². The highest BCUT2D eigenvalue weighted by molar-refractivity contribution is 5.76. The van der Waals surface area contributed by atoms with E-state index >= 15 is 0 Å². The first-order chi connectivity index (χ1) is 6.72. The fourth-order valence-electron chi connectivity index (χ4n) is 1.86. The maximum Gasteiger partial charge on any atom is 0.220 e. The fraction of sp³-hybridized carbons (Fsp3) is 0.909. The Morgan fingerprint density at radius 3 is 2.57 bits per heavy atom. The molecule has 0 unspecified atom stereocenters. The maximum absolute atomic E-state index is 11.4. The van der Waals surface area contributed by atoms with Crippen LogP contribution in [0.2, 0.25) is 0 Å². The van der Waals surface area contributed by atoms with Crippen LogP contribution in [0.15, 0.2) is 0 Å². The zero-order valence-corrected chi connectivity index (χ0v) is 8.96. The molecule has 1 saturated carbocycles. The van der Waals surface area contributed by atoms with Gasteiger partial charge in [-0.3, -0.25) is 4.79 Å². The Labute approximate surface area is 85.9 Å². The average molecular weight is 199 g/mol. The van der Waals surface area contributed by atoms with Gasteiger partial charge in [-0.1, -0.05) is 13.3 Å². The summed E-state index contributed by atoms with van der Waals surface area (Å²) in [4.78, 5) is 11.4. The molecule has 1 aliphatic carbocycles. The quantitative estimate of drug-likeness (QED) is 0.722. The molecule has 82 valence electrons. The maximum atomic E-state index is 11.4. The highest BCUT2D eigenvalue weighted by Gasteiger charge is 2.20. The Morgan fingerprint density at radius 2 is 2.00 bits per heavy atom. The molecule has 0 aromatic carbocycles. The van der Waals surface area contributed by atoms with Gasteiger partial charge in [0.25, 0.3) is 0 Å². The van der Waals surface area contributed by atoms with Crippen molar-refractivity contribution in [2.24, 2.45) is 0 Å². The van der Waals surface area contributed by atoms with Crippen molar-refractivity contribution >= 4 is 5.91 Å². The summed E-state index contributed by atoms with van der Waals surface area (Å²) >= 11 is 0. The van der Waals surface area contributed by atoms with Gasteiger partial charge in [0.15, 0.2) is 0 Å². The largest absolute Gasteiger partial charge is 0.393 e. The minimum Gasteiger partial charge on any atom is -0.393 e. The minimum absolute atomic E-state index is 0.140. The predicted octanol–water partition coefficient (Wildman–Crippen LogP) is 1.60. The fourth-order valence-corrected chi connectivity index (χ4v) is 1.86. The minimum atomic E-state index is -0.140. The van der Waals surface area contributed by atoms with Gasteiger partial charge in [-0.25, -0.2) is 0 Å². The van der Waals surface area contributed by atoms with Gasteiger partial charge < -0.3 is 10.4 Å². The number of carbonyl (C=O) groups is 1. The molecule has 0 heterocycles. The zero-order chi connectivity index (χ0) is 10.4. The van der Waals surface area contributed by atoms with Gasteiger partial charge in [-0.15, -0.1) is 0 Å². The Bertz CT molecular complexity index is 174.